The number of likely N-dealkylation sites (N-methyl/N-ethyl adjacent to an activating group) is 1. The van der Waals surface area contributed by atoms with Gasteiger partial charge in [0.05, 0.1) is 12.7 Å². The summed E-state index contributed by atoms with van der Waals surface area (Å²) < 4.78 is 18.4. The SMILES string of the molecule is CNC(C)CNC(=O)c1ccc(OC)cc1F. The smallest absolute Gasteiger partial charge is 0.254 e. The number of amides is 1. The van der Waals surface area contributed by atoms with E-state index in [-0.39, 0.29) is 11.6 Å². The van der Waals surface area contributed by atoms with Crippen molar-refractivity contribution in [1.29, 1.82) is 0 Å². The highest BCUT2D eigenvalue weighted by atomic mass is 19.1. The fraction of sp³-hybridized carbons (Fsp3) is 0.417. The zero-order valence-corrected chi connectivity index (χ0v) is 10.2. The standard InChI is InChI=1S/C12H17FN2O2/c1-8(14-2)7-15-12(16)10-5-4-9(17-3)6-11(10)13/h4-6,8,14H,7H2,1-3H3,(H,15,16). The summed E-state index contributed by atoms with van der Waals surface area (Å²) in [6, 6.07) is 4.30. The fourth-order valence-corrected chi connectivity index (χ4v) is 1.25. The molecule has 5 heteroatoms. The third-order valence-corrected chi connectivity index (χ3v) is 2.48. The molecule has 1 aromatic carbocycles. The van der Waals surface area contributed by atoms with Crippen molar-refractivity contribution in [3.63, 3.8) is 0 Å². The van der Waals surface area contributed by atoms with E-state index < -0.39 is 11.7 Å². The van der Waals surface area contributed by atoms with Crippen molar-refractivity contribution in [2.24, 2.45) is 0 Å². The number of ether oxygens (including phenoxy) is 1. The quantitative estimate of drug-likeness (QED) is 0.812. The normalized spacial score (nSPS) is 12.0. The molecule has 1 rings (SSSR count). The van der Waals surface area contributed by atoms with E-state index in [1.807, 2.05) is 6.92 Å². The molecule has 0 bridgehead atoms. The van der Waals surface area contributed by atoms with E-state index in [1.165, 1.54) is 19.2 Å². The summed E-state index contributed by atoms with van der Waals surface area (Å²) in [5, 5.41) is 5.62. The first-order chi connectivity index (χ1) is 8.08. The molecule has 1 amide bonds. The van der Waals surface area contributed by atoms with Gasteiger partial charge in [-0.3, -0.25) is 4.79 Å². The first-order valence-corrected chi connectivity index (χ1v) is 5.37. The molecule has 0 fully saturated rings. The molecule has 2 N–H and O–H groups in total. The van der Waals surface area contributed by atoms with Crippen molar-refractivity contribution < 1.29 is 13.9 Å². The summed E-state index contributed by atoms with van der Waals surface area (Å²) in [5.41, 5.74) is 0.0223. The Morgan fingerprint density at radius 1 is 1.53 bits per heavy atom. The van der Waals surface area contributed by atoms with E-state index in [0.717, 1.165) is 0 Å². The molecule has 1 aromatic rings. The maximum Gasteiger partial charge on any atom is 0.254 e. The van der Waals surface area contributed by atoms with Crippen LogP contribution in [0.5, 0.6) is 5.75 Å². The molecule has 0 heterocycles. The predicted molar refractivity (Wildman–Crippen MR) is 63.8 cm³/mol. The van der Waals surface area contributed by atoms with Crippen LogP contribution in [0.2, 0.25) is 0 Å². The number of carbonyl (C=O) groups is 1. The van der Waals surface area contributed by atoms with E-state index in [4.69, 9.17) is 4.74 Å². The van der Waals surface area contributed by atoms with Crippen molar-refractivity contribution in [1.82, 2.24) is 10.6 Å². The van der Waals surface area contributed by atoms with E-state index in [2.05, 4.69) is 10.6 Å². The van der Waals surface area contributed by atoms with Gasteiger partial charge in [-0.1, -0.05) is 0 Å². The molecule has 0 saturated carbocycles. The van der Waals surface area contributed by atoms with Gasteiger partial charge in [-0.25, -0.2) is 4.39 Å². The van der Waals surface area contributed by atoms with Gasteiger partial charge in [0.25, 0.3) is 5.91 Å². The Labute approximate surface area is 100 Å². The summed E-state index contributed by atoms with van der Waals surface area (Å²) in [4.78, 5) is 11.7. The molecule has 0 aliphatic carbocycles. The molecule has 0 aliphatic heterocycles. The largest absolute Gasteiger partial charge is 0.497 e. The number of nitrogens with one attached hydrogen (secondary N) is 2. The fourth-order valence-electron chi connectivity index (χ4n) is 1.25. The van der Waals surface area contributed by atoms with Crippen LogP contribution in [0.4, 0.5) is 4.39 Å². The Hall–Kier alpha value is -1.62. The van der Waals surface area contributed by atoms with E-state index in [1.54, 1.807) is 13.1 Å². The molecule has 0 radical (unpaired) electrons. The van der Waals surface area contributed by atoms with Gasteiger partial charge in [0.2, 0.25) is 0 Å². The molecular weight excluding hydrogens is 223 g/mol. The summed E-state index contributed by atoms with van der Waals surface area (Å²) in [6.45, 7) is 2.37. The number of rotatable bonds is 5. The highest BCUT2D eigenvalue weighted by Crippen LogP contribution is 2.15. The third-order valence-electron chi connectivity index (χ3n) is 2.48. The lowest BCUT2D eigenvalue weighted by Gasteiger charge is -2.12. The summed E-state index contributed by atoms with van der Waals surface area (Å²) in [6.07, 6.45) is 0. The summed E-state index contributed by atoms with van der Waals surface area (Å²) >= 11 is 0. The first kappa shape index (κ1) is 13.4. The van der Waals surface area contributed by atoms with Gasteiger partial charge >= 0.3 is 0 Å². The number of hydrogen-bond donors (Lipinski definition) is 2. The number of carbonyl (C=O) groups excluding carboxylic acids is 1. The number of halogens is 1. The highest BCUT2D eigenvalue weighted by molar-refractivity contribution is 5.94. The molecule has 0 aliphatic rings. The van der Waals surface area contributed by atoms with Crippen LogP contribution in [0, 0.1) is 5.82 Å². The van der Waals surface area contributed by atoms with Gasteiger partial charge in [0, 0.05) is 18.7 Å². The van der Waals surface area contributed by atoms with Gasteiger partial charge in [0.15, 0.2) is 0 Å². The second-order valence-corrected chi connectivity index (χ2v) is 3.75. The molecule has 4 nitrogen and oxygen atoms in total. The molecule has 1 atom stereocenters. The second kappa shape index (κ2) is 6.20. The Kier molecular flexibility index (Phi) is 4.90. The van der Waals surface area contributed by atoms with Gasteiger partial charge < -0.3 is 15.4 Å². The molecule has 17 heavy (non-hydrogen) atoms. The maximum atomic E-state index is 13.5. The average Bonchev–Trinajstić information content (AvgIpc) is 2.35. The van der Waals surface area contributed by atoms with Crippen LogP contribution in [0.25, 0.3) is 0 Å². The van der Waals surface area contributed by atoms with Crippen molar-refractivity contribution in [3.8, 4) is 5.75 Å². The monoisotopic (exact) mass is 240 g/mol. The Morgan fingerprint density at radius 3 is 2.76 bits per heavy atom. The first-order valence-electron chi connectivity index (χ1n) is 5.37. The molecular formula is C12H17FN2O2. The van der Waals surface area contributed by atoms with Crippen LogP contribution >= 0.6 is 0 Å². The number of hydrogen-bond acceptors (Lipinski definition) is 3. The minimum Gasteiger partial charge on any atom is -0.497 e. The van der Waals surface area contributed by atoms with Crippen molar-refractivity contribution >= 4 is 5.91 Å². The third kappa shape index (κ3) is 3.71. The minimum absolute atomic E-state index is 0.0223. The Morgan fingerprint density at radius 2 is 2.24 bits per heavy atom. The summed E-state index contributed by atoms with van der Waals surface area (Å²) in [7, 11) is 3.24. The van der Waals surface area contributed by atoms with Gasteiger partial charge in [0.1, 0.15) is 11.6 Å². The highest BCUT2D eigenvalue weighted by Gasteiger charge is 2.12. The van der Waals surface area contributed by atoms with Crippen LogP contribution in [0.15, 0.2) is 18.2 Å². The lowest BCUT2D eigenvalue weighted by molar-refractivity contribution is 0.0946. The Bertz CT molecular complexity index is 396. The van der Waals surface area contributed by atoms with E-state index in [0.29, 0.717) is 12.3 Å². The molecule has 0 aromatic heterocycles. The zero-order valence-electron chi connectivity index (χ0n) is 10.2. The van der Waals surface area contributed by atoms with Crippen LogP contribution in [-0.4, -0.2) is 32.7 Å². The zero-order chi connectivity index (χ0) is 12.8. The molecule has 1 unspecified atom stereocenters. The predicted octanol–water partition coefficient (Wildman–Crippen LogP) is 1.17. The number of benzene rings is 1. The molecule has 0 spiro atoms. The lowest BCUT2D eigenvalue weighted by Crippen LogP contribution is -2.37. The van der Waals surface area contributed by atoms with Crippen molar-refractivity contribution in [2.75, 3.05) is 20.7 Å². The van der Waals surface area contributed by atoms with Gasteiger partial charge in [-0.2, -0.15) is 0 Å². The van der Waals surface area contributed by atoms with Gasteiger partial charge in [-0.05, 0) is 26.1 Å². The molecule has 94 valence electrons. The lowest BCUT2D eigenvalue weighted by atomic mass is 10.2. The summed E-state index contributed by atoms with van der Waals surface area (Å²) in [5.74, 6) is -0.617. The topological polar surface area (TPSA) is 50.4 Å². The Balaban J connectivity index is 2.69. The van der Waals surface area contributed by atoms with E-state index >= 15 is 0 Å². The maximum absolute atomic E-state index is 13.5. The van der Waals surface area contributed by atoms with Crippen LogP contribution in [0.1, 0.15) is 17.3 Å². The second-order valence-electron chi connectivity index (χ2n) is 3.75. The molecule has 0 saturated heterocycles. The average molecular weight is 240 g/mol. The van der Waals surface area contributed by atoms with Crippen LogP contribution in [0.3, 0.4) is 0 Å². The number of methoxy groups -OCH3 is 1. The van der Waals surface area contributed by atoms with Crippen molar-refractivity contribution in [3.05, 3.63) is 29.6 Å². The van der Waals surface area contributed by atoms with Crippen LogP contribution in [-0.2, 0) is 0 Å². The van der Waals surface area contributed by atoms with E-state index in [9.17, 15) is 9.18 Å². The van der Waals surface area contributed by atoms with Gasteiger partial charge in [-0.15, -0.1) is 0 Å². The minimum atomic E-state index is -0.584. The van der Waals surface area contributed by atoms with Crippen molar-refractivity contribution in [2.45, 2.75) is 13.0 Å². The van der Waals surface area contributed by atoms with Crippen LogP contribution < -0.4 is 15.4 Å².